The van der Waals surface area contributed by atoms with Crippen molar-refractivity contribution < 1.29 is 13.2 Å². The van der Waals surface area contributed by atoms with Gasteiger partial charge < -0.3 is 9.72 Å². The number of hydrogen-bond acceptors (Lipinski definition) is 4. The molecule has 0 aliphatic carbocycles. The Morgan fingerprint density at radius 3 is 2.38 bits per heavy atom. The molecule has 0 spiro atoms. The Kier molecular flexibility index (Phi) is 4.64. The number of ether oxygens (including phenoxy) is 1. The van der Waals surface area contributed by atoms with E-state index in [-0.39, 0.29) is 4.90 Å². The van der Waals surface area contributed by atoms with Crippen molar-refractivity contribution in [1.29, 1.82) is 0 Å². The lowest BCUT2D eigenvalue weighted by Gasteiger charge is -2.08. The Hall–Kier alpha value is -2.64. The van der Waals surface area contributed by atoms with Crippen molar-refractivity contribution >= 4 is 10.0 Å². The van der Waals surface area contributed by atoms with Crippen molar-refractivity contribution in [3.8, 4) is 17.0 Å². The third kappa shape index (κ3) is 3.64. The van der Waals surface area contributed by atoms with Crippen molar-refractivity contribution in [3.63, 3.8) is 0 Å². The number of sulfonamides is 1. The van der Waals surface area contributed by atoms with E-state index >= 15 is 0 Å². The van der Waals surface area contributed by atoms with Crippen LogP contribution in [0.15, 0.2) is 66.0 Å². The van der Waals surface area contributed by atoms with E-state index in [1.54, 1.807) is 36.8 Å². The minimum absolute atomic E-state index is 0.234. The van der Waals surface area contributed by atoms with E-state index in [9.17, 15) is 8.42 Å². The van der Waals surface area contributed by atoms with E-state index in [4.69, 9.17) is 4.74 Å². The van der Waals surface area contributed by atoms with Crippen LogP contribution in [0.25, 0.3) is 11.3 Å². The molecule has 0 amide bonds. The SMILES string of the molecule is CNS(=O)(=O)c1ccc(COc2ccc(-c3cnc[nH]3)cc2)cc1. The quantitative estimate of drug-likeness (QED) is 0.720. The largest absolute Gasteiger partial charge is 0.489 e. The normalized spacial score (nSPS) is 11.4. The molecule has 124 valence electrons. The lowest BCUT2D eigenvalue weighted by atomic mass is 10.1. The number of nitrogens with zero attached hydrogens (tertiary/aromatic N) is 1. The highest BCUT2D eigenvalue weighted by Crippen LogP contribution is 2.21. The van der Waals surface area contributed by atoms with E-state index in [1.165, 1.54) is 7.05 Å². The standard InChI is InChI=1S/C17H17N3O3S/c1-18-24(21,22)16-8-2-13(3-9-16)11-23-15-6-4-14(5-7-15)17-10-19-12-20-17/h2-10,12,18H,11H2,1H3,(H,19,20). The lowest BCUT2D eigenvalue weighted by Crippen LogP contribution is -2.18. The Bertz CT molecular complexity index is 887. The zero-order valence-corrected chi connectivity index (χ0v) is 13.9. The first-order chi connectivity index (χ1) is 11.6. The molecule has 1 heterocycles. The molecule has 0 bridgehead atoms. The van der Waals surface area contributed by atoms with Gasteiger partial charge in [0, 0.05) is 0 Å². The van der Waals surface area contributed by atoms with Gasteiger partial charge in [-0.1, -0.05) is 12.1 Å². The molecular weight excluding hydrogens is 326 g/mol. The molecule has 0 saturated heterocycles. The number of imidazole rings is 1. The second kappa shape index (κ2) is 6.86. The molecular formula is C17H17N3O3S. The van der Waals surface area contributed by atoms with Gasteiger partial charge in [0.05, 0.1) is 23.1 Å². The summed E-state index contributed by atoms with van der Waals surface area (Å²) in [5.74, 6) is 0.741. The molecule has 7 heteroatoms. The third-order valence-corrected chi connectivity index (χ3v) is 5.00. The maximum Gasteiger partial charge on any atom is 0.240 e. The molecule has 24 heavy (non-hydrogen) atoms. The highest BCUT2D eigenvalue weighted by atomic mass is 32.2. The summed E-state index contributed by atoms with van der Waals surface area (Å²) in [5, 5.41) is 0. The molecule has 2 aromatic carbocycles. The van der Waals surface area contributed by atoms with Crippen LogP contribution in [0, 0.1) is 0 Å². The fourth-order valence-electron chi connectivity index (χ4n) is 2.19. The summed E-state index contributed by atoms with van der Waals surface area (Å²) in [6.07, 6.45) is 3.40. The van der Waals surface area contributed by atoms with Crippen molar-refractivity contribution in [2.75, 3.05) is 7.05 Å². The predicted molar refractivity (Wildman–Crippen MR) is 91.0 cm³/mol. The van der Waals surface area contributed by atoms with Gasteiger partial charge in [-0.05, 0) is 54.6 Å². The fraction of sp³-hybridized carbons (Fsp3) is 0.118. The van der Waals surface area contributed by atoms with Gasteiger partial charge in [0.2, 0.25) is 10.0 Å². The summed E-state index contributed by atoms with van der Waals surface area (Å²) in [6.45, 7) is 0.364. The summed E-state index contributed by atoms with van der Waals surface area (Å²) < 4.78 is 31.4. The number of benzene rings is 2. The molecule has 3 aromatic rings. The van der Waals surface area contributed by atoms with Crippen LogP contribution in [0.2, 0.25) is 0 Å². The first-order valence-electron chi connectivity index (χ1n) is 7.32. The van der Waals surface area contributed by atoms with Crippen LogP contribution >= 0.6 is 0 Å². The van der Waals surface area contributed by atoms with Crippen LogP contribution in [0.1, 0.15) is 5.56 Å². The maximum absolute atomic E-state index is 11.7. The van der Waals surface area contributed by atoms with Crippen molar-refractivity contribution in [2.24, 2.45) is 0 Å². The summed E-state index contributed by atoms with van der Waals surface area (Å²) >= 11 is 0. The summed E-state index contributed by atoms with van der Waals surface area (Å²) in [4.78, 5) is 7.27. The average Bonchev–Trinajstić information content (AvgIpc) is 3.15. The third-order valence-electron chi connectivity index (χ3n) is 3.57. The molecule has 0 saturated carbocycles. The zero-order valence-electron chi connectivity index (χ0n) is 13.1. The number of H-pyrrole nitrogens is 1. The van der Waals surface area contributed by atoms with Gasteiger partial charge in [0.25, 0.3) is 0 Å². The van der Waals surface area contributed by atoms with Gasteiger partial charge >= 0.3 is 0 Å². The molecule has 0 fully saturated rings. The van der Waals surface area contributed by atoms with Gasteiger partial charge in [0.15, 0.2) is 0 Å². The molecule has 1 aromatic heterocycles. The Balaban J connectivity index is 1.63. The minimum Gasteiger partial charge on any atom is -0.489 e. The minimum atomic E-state index is -3.41. The smallest absolute Gasteiger partial charge is 0.240 e. The van der Waals surface area contributed by atoms with Crippen molar-refractivity contribution in [2.45, 2.75) is 11.5 Å². The van der Waals surface area contributed by atoms with Crippen LogP contribution < -0.4 is 9.46 Å². The van der Waals surface area contributed by atoms with Crippen LogP contribution in [-0.4, -0.2) is 25.4 Å². The Morgan fingerprint density at radius 1 is 1.08 bits per heavy atom. The molecule has 6 nitrogen and oxygen atoms in total. The van der Waals surface area contributed by atoms with Gasteiger partial charge in [0.1, 0.15) is 12.4 Å². The monoisotopic (exact) mass is 343 g/mol. The Morgan fingerprint density at radius 2 is 1.79 bits per heavy atom. The second-order valence-electron chi connectivity index (χ2n) is 5.13. The Labute approximate surface area is 140 Å². The van der Waals surface area contributed by atoms with E-state index in [0.717, 1.165) is 22.6 Å². The van der Waals surface area contributed by atoms with Gasteiger partial charge in [-0.15, -0.1) is 0 Å². The predicted octanol–water partition coefficient (Wildman–Crippen LogP) is 2.56. The highest BCUT2D eigenvalue weighted by Gasteiger charge is 2.10. The van der Waals surface area contributed by atoms with Gasteiger partial charge in [-0.25, -0.2) is 18.1 Å². The number of aromatic nitrogens is 2. The lowest BCUT2D eigenvalue weighted by molar-refractivity contribution is 0.306. The van der Waals surface area contributed by atoms with Crippen LogP contribution in [0.4, 0.5) is 0 Å². The van der Waals surface area contributed by atoms with E-state index < -0.39 is 10.0 Å². The van der Waals surface area contributed by atoms with Crippen molar-refractivity contribution in [1.82, 2.24) is 14.7 Å². The fourth-order valence-corrected chi connectivity index (χ4v) is 2.92. The van der Waals surface area contributed by atoms with Crippen LogP contribution in [-0.2, 0) is 16.6 Å². The van der Waals surface area contributed by atoms with Crippen LogP contribution in [0.5, 0.6) is 5.75 Å². The maximum atomic E-state index is 11.7. The molecule has 0 atom stereocenters. The second-order valence-corrected chi connectivity index (χ2v) is 7.02. The number of rotatable bonds is 6. The van der Waals surface area contributed by atoms with E-state index in [0.29, 0.717) is 6.61 Å². The number of hydrogen-bond donors (Lipinski definition) is 2. The van der Waals surface area contributed by atoms with E-state index in [2.05, 4.69) is 14.7 Å². The summed E-state index contributed by atoms with van der Waals surface area (Å²) in [7, 11) is -2.02. The molecule has 0 unspecified atom stereocenters. The zero-order chi connectivity index (χ0) is 17.0. The summed E-state index contributed by atoms with van der Waals surface area (Å²) in [5.41, 5.74) is 2.87. The number of aromatic amines is 1. The first kappa shape index (κ1) is 16.2. The molecule has 2 N–H and O–H groups in total. The van der Waals surface area contributed by atoms with Crippen molar-refractivity contribution in [3.05, 3.63) is 66.6 Å². The highest BCUT2D eigenvalue weighted by molar-refractivity contribution is 7.89. The molecule has 0 radical (unpaired) electrons. The average molecular weight is 343 g/mol. The first-order valence-corrected chi connectivity index (χ1v) is 8.81. The van der Waals surface area contributed by atoms with Crippen LogP contribution in [0.3, 0.4) is 0 Å². The topological polar surface area (TPSA) is 84.1 Å². The van der Waals surface area contributed by atoms with E-state index in [1.807, 2.05) is 24.3 Å². The number of nitrogens with one attached hydrogen (secondary N) is 2. The molecule has 0 aliphatic rings. The van der Waals surface area contributed by atoms with Gasteiger partial charge in [-0.2, -0.15) is 0 Å². The molecule has 0 aliphatic heterocycles. The molecule has 3 rings (SSSR count). The summed E-state index contributed by atoms with van der Waals surface area (Å²) in [6, 6.07) is 14.3. The van der Waals surface area contributed by atoms with Gasteiger partial charge in [-0.3, -0.25) is 0 Å².